The minimum Gasteiger partial charge on any atom is -0.477 e. The van der Waals surface area contributed by atoms with Gasteiger partial charge in [0.05, 0.1) is 31.7 Å². The van der Waals surface area contributed by atoms with Crippen LogP contribution < -0.4 is 9.47 Å². The van der Waals surface area contributed by atoms with Crippen molar-refractivity contribution in [2.45, 2.75) is 11.1 Å². The third-order valence-corrected chi connectivity index (χ3v) is 4.60. The Labute approximate surface area is 140 Å². The summed E-state index contributed by atoms with van der Waals surface area (Å²) in [5.74, 6) is 1.04. The van der Waals surface area contributed by atoms with Crippen LogP contribution in [0.15, 0.2) is 29.3 Å². The van der Waals surface area contributed by atoms with Gasteiger partial charge in [0, 0.05) is 10.6 Å². The van der Waals surface area contributed by atoms with Crippen LogP contribution in [-0.4, -0.2) is 29.9 Å². The number of ether oxygens (including phenoxy) is 2. The van der Waals surface area contributed by atoms with E-state index < -0.39 is 11.7 Å². The number of methoxy groups -OCH3 is 2. The van der Waals surface area contributed by atoms with Crippen molar-refractivity contribution in [3.05, 3.63) is 41.2 Å². The maximum absolute atomic E-state index is 12.8. The van der Waals surface area contributed by atoms with Gasteiger partial charge in [-0.25, -0.2) is 9.97 Å². The largest absolute Gasteiger partial charge is 0.477 e. The number of nitrogens with zero attached hydrogens (tertiary/aromatic N) is 2. The van der Waals surface area contributed by atoms with Crippen LogP contribution >= 0.6 is 11.8 Å². The summed E-state index contributed by atoms with van der Waals surface area (Å²) in [5, 5.41) is 0. The molecule has 0 spiro atoms. The smallest absolute Gasteiger partial charge is 0.416 e. The first-order valence-corrected chi connectivity index (χ1v) is 7.91. The maximum Gasteiger partial charge on any atom is 0.416 e. The normalized spacial score (nSPS) is 14.0. The number of aromatic nitrogens is 2. The van der Waals surface area contributed by atoms with E-state index in [9.17, 15) is 13.2 Å². The molecule has 0 saturated carbocycles. The minimum atomic E-state index is -4.34. The van der Waals surface area contributed by atoms with E-state index in [1.54, 1.807) is 6.20 Å². The van der Waals surface area contributed by atoms with E-state index >= 15 is 0 Å². The zero-order chi connectivity index (χ0) is 17.3. The number of benzene rings is 1. The first-order valence-electron chi connectivity index (χ1n) is 6.92. The topological polar surface area (TPSA) is 44.2 Å². The molecule has 0 amide bonds. The Morgan fingerprint density at radius 3 is 2.54 bits per heavy atom. The van der Waals surface area contributed by atoms with Crippen molar-refractivity contribution in [1.82, 2.24) is 9.97 Å². The summed E-state index contributed by atoms with van der Waals surface area (Å²) in [7, 11) is 2.94. The summed E-state index contributed by atoms with van der Waals surface area (Å²) in [6, 6.07) is 3.73. The SMILES string of the molecule is COc1ncc(C2=Cc3ccc(C(F)(F)F)cc3SC2)nc1OC. The van der Waals surface area contributed by atoms with Gasteiger partial charge in [0.1, 0.15) is 0 Å². The molecule has 0 atom stereocenters. The van der Waals surface area contributed by atoms with Crippen molar-refractivity contribution in [2.24, 2.45) is 0 Å². The Kier molecular flexibility index (Phi) is 4.40. The minimum absolute atomic E-state index is 0.263. The van der Waals surface area contributed by atoms with Gasteiger partial charge in [-0.2, -0.15) is 13.2 Å². The van der Waals surface area contributed by atoms with Crippen molar-refractivity contribution in [3.63, 3.8) is 0 Å². The van der Waals surface area contributed by atoms with Gasteiger partial charge in [-0.05, 0) is 29.3 Å². The quantitative estimate of drug-likeness (QED) is 0.828. The molecule has 0 N–H and O–H groups in total. The first kappa shape index (κ1) is 16.6. The van der Waals surface area contributed by atoms with Gasteiger partial charge in [0.15, 0.2) is 0 Å². The molecule has 1 aromatic heterocycles. The Bertz CT molecular complexity index is 806. The third kappa shape index (κ3) is 3.19. The predicted molar refractivity (Wildman–Crippen MR) is 85.2 cm³/mol. The average molecular weight is 354 g/mol. The molecule has 24 heavy (non-hydrogen) atoms. The second kappa shape index (κ2) is 6.35. The van der Waals surface area contributed by atoms with Crippen LogP contribution in [0, 0.1) is 0 Å². The lowest BCUT2D eigenvalue weighted by atomic mass is 10.1. The molecule has 3 rings (SSSR count). The Morgan fingerprint density at radius 1 is 1.12 bits per heavy atom. The molecule has 2 aromatic rings. The summed E-state index contributed by atoms with van der Waals surface area (Å²) >= 11 is 1.34. The average Bonchev–Trinajstić information content (AvgIpc) is 2.59. The number of alkyl halides is 3. The molecule has 0 saturated heterocycles. The van der Waals surface area contributed by atoms with Crippen LogP contribution in [0.3, 0.4) is 0 Å². The summed E-state index contributed by atoms with van der Waals surface area (Å²) in [4.78, 5) is 9.08. The monoisotopic (exact) mass is 354 g/mol. The first-order chi connectivity index (χ1) is 11.4. The molecular formula is C16H13F3N2O2S. The Morgan fingerprint density at radius 2 is 1.88 bits per heavy atom. The Balaban J connectivity index is 1.96. The molecule has 0 bridgehead atoms. The standard InChI is InChI=1S/C16H13F3N2O2S/c1-22-14-15(23-2)21-12(7-20-14)10-5-9-3-4-11(16(17,18)19)6-13(9)24-8-10/h3-7H,8H2,1-2H3. The van der Waals surface area contributed by atoms with Crippen LogP contribution in [0.4, 0.5) is 13.2 Å². The van der Waals surface area contributed by atoms with Gasteiger partial charge in [-0.15, -0.1) is 11.8 Å². The number of halogens is 3. The van der Waals surface area contributed by atoms with Crippen molar-refractivity contribution < 1.29 is 22.6 Å². The molecular weight excluding hydrogens is 341 g/mol. The van der Waals surface area contributed by atoms with E-state index in [1.807, 2.05) is 6.08 Å². The number of hydrogen-bond acceptors (Lipinski definition) is 5. The molecule has 1 aromatic carbocycles. The maximum atomic E-state index is 12.8. The second-order valence-electron chi connectivity index (χ2n) is 4.98. The van der Waals surface area contributed by atoms with Crippen LogP contribution in [0.5, 0.6) is 11.8 Å². The predicted octanol–water partition coefficient (Wildman–Crippen LogP) is 4.16. The van der Waals surface area contributed by atoms with E-state index in [2.05, 4.69) is 9.97 Å². The van der Waals surface area contributed by atoms with Crippen molar-refractivity contribution in [3.8, 4) is 11.8 Å². The van der Waals surface area contributed by atoms with Gasteiger partial charge >= 0.3 is 6.18 Å². The van der Waals surface area contributed by atoms with E-state index in [4.69, 9.17) is 9.47 Å². The highest BCUT2D eigenvalue weighted by atomic mass is 32.2. The highest BCUT2D eigenvalue weighted by Crippen LogP contribution is 2.39. The molecule has 1 aliphatic heterocycles. The Hall–Kier alpha value is -2.22. The lowest BCUT2D eigenvalue weighted by Gasteiger charge is -2.18. The molecule has 1 aliphatic rings. The van der Waals surface area contributed by atoms with Crippen LogP contribution in [0.25, 0.3) is 11.6 Å². The molecule has 126 valence electrons. The zero-order valence-electron chi connectivity index (χ0n) is 12.8. The highest BCUT2D eigenvalue weighted by molar-refractivity contribution is 7.99. The molecule has 8 heteroatoms. The summed E-state index contributed by atoms with van der Waals surface area (Å²) < 4.78 is 48.5. The zero-order valence-corrected chi connectivity index (χ0v) is 13.7. The van der Waals surface area contributed by atoms with E-state index in [1.165, 1.54) is 38.1 Å². The number of hydrogen-bond donors (Lipinski definition) is 0. The van der Waals surface area contributed by atoms with Gasteiger partial charge in [-0.3, -0.25) is 0 Å². The number of thioether (sulfide) groups is 1. The fraction of sp³-hybridized carbons (Fsp3) is 0.250. The lowest BCUT2D eigenvalue weighted by molar-refractivity contribution is -0.137. The summed E-state index contributed by atoms with van der Waals surface area (Å²) in [6.07, 6.45) is -0.959. The van der Waals surface area contributed by atoms with E-state index in [0.29, 0.717) is 16.3 Å². The van der Waals surface area contributed by atoms with Crippen LogP contribution in [0.1, 0.15) is 16.8 Å². The van der Waals surface area contributed by atoms with Crippen molar-refractivity contribution in [2.75, 3.05) is 20.0 Å². The molecule has 0 fully saturated rings. The highest BCUT2D eigenvalue weighted by Gasteiger charge is 2.31. The lowest BCUT2D eigenvalue weighted by Crippen LogP contribution is -2.06. The van der Waals surface area contributed by atoms with Gasteiger partial charge in [-0.1, -0.05) is 6.07 Å². The number of rotatable bonds is 3. The molecule has 0 unspecified atom stereocenters. The molecule has 0 aliphatic carbocycles. The summed E-state index contributed by atoms with van der Waals surface area (Å²) in [5.41, 5.74) is 1.55. The van der Waals surface area contributed by atoms with Crippen molar-refractivity contribution >= 4 is 23.4 Å². The second-order valence-corrected chi connectivity index (χ2v) is 6.00. The summed E-state index contributed by atoms with van der Waals surface area (Å²) in [6.45, 7) is 0. The molecule has 2 heterocycles. The van der Waals surface area contributed by atoms with Gasteiger partial charge in [0.25, 0.3) is 11.8 Å². The van der Waals surface area contributed by atoms with Crippen molar-refractivity contribution in [1.29, 1.82) is 0 Å². The molecule has 4 nitrogen and oxygen atoms in total. The van der Waals surface area contributed by atoms with Crippen LogP contribution in [0.2, 0.25) is 0 Å². The third-order valence-electron chi connectivity index (χ3n) is 3.48. The fourth-order valence-electron chi connectivity index (χ4n) is 2.28. The van der Waals surface area contributed by atoms with E-state index in [0.717, 1.165) is 17.2 Å². The fourth-order valence-corrected chi connectivity index (χ4v) is 3.32. The van der Waals surface area contributed by atoms with Gasteiger partial charge < -0.3 is 9.47 Å². The molecule has 0 radical (unpaired) electrons. The van der Waals surface area contributed by atoms with E-state index in [-0.39, 0.29) is 11.8 Å². The number of fused-ring (bicyclic) bond motifs is 1. The van der Waals surface area contributed by atoms with Crippen LogP contribution in [-0.2, 0) is 6.18 Å². The van der Waals surface area contributed by atoms with Gasteiger partial charge in [0.2, 0.25) is 0 Å².